The normalized spacial score (nSPS) is 10.8. The zero-order valence-corrected chi connectivity index (χ0v) is 10.2. The summed E-state index contributed by atoms with van der Waals surface area (Å²) in [6.07, 6.45) is 0. The fourth-order valence-electron chi connectivity index (χ4n) is 1.71. The fourth-order valence-corrected chi connectivity index (χ4v) is 1.98. The van der Waals surface area contributed by atoms with Crippen molar-refractivity contribution < 1.29 is 4.79 Å². The van der Waals surface area contributed by atoms with E-state index in [9.17, 15) is 4.79 Å². The molecule has 0 fully saturated rings. The molecule has 1 heterocycles. The molecule has 0 saturated heterocycles. The molecular weight excluding hydrogens is 222 g/mol. The quantitative estimate of drug-likeness (QED) is 0.555. The molecule has 0 saturated carbocycles. The van der Waals surface area contributed by atoms with E-state index in [1.807, 2.05) is 26.0 Å². The molecular formula is C13H12ClNO. The summed E-state index contributed by atoms with van der Waals surface area (Å²) in [6.45, 7) is 5.54. The number of rotatable bonds is 1. The summed E-state index contributed by atoms with van der Waals surface area (Å²) in [7, 11) is 0. The minimum Gasteiger partial charge on any atom is -0.294 e. The third-order valence-corrected chi connectivity index (χ3v) is 3.13. The van der Waals surface area contributed by atoms with Gasteiger partial charge in [-0.25, -0.2) is 4.98 Å². The van der Waals surface area contributed by atoms with Gasteiger partial charge in [0.2, 0.25) is 0 Å². The lowest BCUT2D eigenvalue weighted by molar-refractivity contribution is 0.101. The summed E-state index contributed by atoms with van der Waals surface area (Å²) < 4.78 is 0. The smallest absolute Gasteiger partial charge is 0.162 e. The Morgan fingerprint density at radius 3 is 2.62 bits per heavy atom. The van der Waals surface area contributed by atoms with E-state index in [0.717, 1.165) is 16.5 Å². The molecule has 0 unspecified atom stereocenters. The Labute approximate surface area is 99.3 Å². The molecule has 2 aromatic rings. The van der Waals surface area contributed by atoms with Crippen molar-refractivity contribution in [1.29, 1.82) is 0 Å². The number of hydrogen-bond donors (Lipinski definition) is 0. The van der Waals surface area contributed by atoms with Crippen LogP contribution in [0.5, 0.6) is 0 Å². The number of aryl methyl sites for hydroxylation is 2. The van der Waals surface area contributed by atoms with E-state index in [1.54, 1.807) is 6.07 Å². The van der Waals surface area contributed by atoms with E-state index in [-0.39, 0.29) is 10.9 Å². The first-order valence-electron chi connectivity index (χ1n) is 5.08. The lowest BCUT2D eigenvalue weighted by Gasteiger charge is -2.07. The minimum absolute atomic E-state index is 0.0578. The molecule has 0 radical (unpaired) electrons. The summed E-state index contributed by atoms with van der Waals surface area (Å²) in [4.78, 5) is 15.6. The molecule has 0 aliphatic carbocycles. The van der Waals surface area contributed by atoms with E-state index in [4.69, 9.17) is 11.6 Å². The van der Waals surface area contributed by atoms with Crippen molar-refractivity contribution in [3.05, 3.63) is 40.0 Å². The van der Waals surface area contributed by atoms with Gasteiger partial charge < -0.3 is 0 Å². The third kappa shape index (κ3) is 1.69. The second-order valence-corrected chi connectivity index (χ2v) is 4.32. The van der Waals surface area contributed by atoms with Gasteiger partial charge in [0.1, 0.15) is 5.15 Å². The van der Waals surface area contributed by atoms with Crippen molar-refractivity contribution in [2.45, 2.75) is 20.8 Å². The molecule has 0 aliphatic rings. The van der Waals surface area contributed by atoms with Crippen LogP contribution >= 0.6 is 11.6 Å². The predicted molar refractivity (Wildman–Crippen MR) is 66.2 cm³/mol. The van der Waals surface area contributed by atoms with Crippen LogP contribution in [0.2, 0.25) is 5.15 Å². The summed E-state index contributed by atoms with van der Waals surface area (Å²) >= 11 is 5.99. The first-order valence-corrected chi connectivity index (χ1v) is 5.46. The molecule has 1 aromatic carbocycles. The number of nitrogens with zero attached hydrogens (tertiary/aromatic N) is 1. The molecule has 0 aliphatic heterocycles. The zero-order chi connectivity index (χ0) is 11.9. The van der Waals surface area contributed by atoms with Crippen LogP contribution in [0.4, 0.5) is 0 Å². The van der Waals surface area contributed by atoms with Crippen LogP contribution in [0.25, 0.3) is 10.9 Å². The Kier molecular flexibility index (Phi) is 2.68. The number of carbonyl (C=O) groups excluding carboxylic acids is 1. The van der Waals surface area contributed by atoms with Crippen molar-refractivity contribution >= 4 is 28.3 Å². The highest BCUT2D eigenvalue weighted by Crippen LogP contribution is 2.24. The third-order valence-electron chi connectivity index (χ3n) is 2.84. The van der Waals surface area contributed by atoms with E-state index >= 15 is 0 Å². The fraction of sp³-hybridized carbons (Fsp3) is 0.231. The second kappa shape index (κ2) is 3.87. The Morgan fingerprint density at radius 2 is 2.00 bits per heavy atom. The topological polar surface area (TPSA) is 30.0 Å². The molecule has 0 amide bonds. The van der Waals surface area contributed by atoms with Crippen LogP contribution in [0.3, 0.4) is 0 Å². The van der Waals surface area contributed by atoms with Gasteiger partial charge in [-0.2, -0.15) is 0 Å². The molecule has 0 spiro atoms. The van der Waals surface area contributed by atoms with E-state index in [0.29, 0.717) is 5.56 Å². The van der Waals surface area contributed by atoms with E-state index in [1.165, 1.54) is 12.5 Å². The Hall–Kier alpha value is -1.41. The van der Waals surface area contributed by atoms with Crippen molar-refractivity contribution in [3.8, 4) is 0 Å². The minimum atomic E-state index is -0.0578. The maximum atomic E-state index is 11.3. The lowest BCUT2D eigenvalue weighted by Crippen LogP contribution is -1.97. The van der Waals surface area contributed by atoms with Crippen LogP contribution in [-0.4, -0.2) is 10.8 Å². The Morgan fingerprint density at radius 1 is 1.31 bits per heavy atom. The van der Waals surface area contributed by atoms with Gasteiger partial charge in [-0.05, 0) is 38.0 Å². The zero-order valence-electron chi connectivity index (χ0n) is 9.47. The first kappa shape index (κ1) is 11.1. The first-order chi connectivity index (χ1) is 7.50. The standard InChI is InChI=1S/C13H12ClNO/c1-7-4-5-10-6-11(9(3)16)13(14)15-12(10)8(7)2/h4-6H,1-3H3. The molecule has 0 N–H and O–H groups in total. The Balaban J connectivity index is 2.84. The molecule has 2 nitrogen and oxygen atoms in total. The summed E-state index contributed by atoms with van der Waals surface area (Å²) in [5, 5.41) is 1.24. The number of fused-ring (bicyclic) bond motifs is 1. The number of hydrogen-bond acceptors (Lipinski definition) is 2. The summed E-state index contributed by atoms with van der Waals surface area (Å²) in [6, 6.07) is 5.80. The predicted octanol–water partition coefficient (Wildman–Crippen LogP) is 3.71. The number of benzene rings is 1. The highest BCUT2D eigenvalue weighted by Gasteiger charge is 2.10. The van der Waals surface area contributed by atoms with Gasteiger partial charge in [-0.3, -0.25) is 4.79 Å². The van der Waals surface area contributed by atoms with E-state index in [2.05, 4.69) is 4.98 Å². The second-order valence-electron chi connectivity index (χ2n) is 3.96. The number of halogens is 1. The number of Topliss-reactive ketones (excluding diaryl/α,β-unsaturated/α-hetero) is 1. The van der Waals surface area contributed by atoms with Crippen LogP contribution in [0.1, 0.15) is 28.4 Å². The monoisotopic (exact) mass is 233 g/mol. The largest absolute Gasteiger partial charge is 0.294 e. The maximum absolute atomic E-state index is 11.3. The van der Waals surface area contributed by atoms with Crippen molar-refractivity contribution in [2.75, 3.05) is 0 Å². The molecule has 3 heteroatoms. The van der Waals surface area contributed by atoms with Crippen molar-refractivity contribution in [1.82, 2.24) is 4.98 Å². The highest BCUT2D eigenvalue weighted by atomic mass is 35.5. The van der Waals surface area contributed by atoms with Gasteiger partial charge in [0.15, 0.2) is 5.78 Å². The van der Waals surface area contributed by atoms with Gasteiger partial charge in [0, 0.05) is 5.39 Å². The van der Waals surface area contributed by atoms with Crippen molar-refractivity contribution in [2.24, 2.45) is 0 Å². The van der Waals surface area contributed by atoms with Crippen LogP contribution < -0.4 is 0 Å². The average Bonchev–Trinajstić information content (AvgIpc) is 2.23. The van der Waals surface area contributed by atoms with Gasteiger partial charge in [0.25, 0.3) is 0 Å². The SMILES string of the molecule is CC(=O)c1cc2ccc(C)c(C)c2nc1Cl. The maximum Gasteiger partial charge on any atom is 0.162 e. The van der Waals surface area contributed by atoms with Crippen molar-refractivity contribution in [3.63, 3.8) is 0 Å². The van der Waals surface area contributed by atoms with Crippen LogP contribution in [0, 0.1) is 13.8 Å². The summed E-state index contributed by atoms with van der Waals surface area (Å²) in [5.74, 6) is -0.0578. The van der Waals surface area contributed by atoms with E-state index < -0.39 is 0 Å². The molecule has 16 heavy (non-hydrogen) atoms. The number of aromatic nitrogens is 1. The molecule has 2 rings (SSSR count). The van der Waals surface area contributed by atoms with Crippen LogP contribution in [-0.2, 0) is 0 Å². The molecule has 0 atom stereocenters. The lowest BCUT2D eigenvalue weighted by atomic mass is 10.0. The Bertz CT molecular complexity index is 590. The number of pyridine rings is 1. The molecule has 1 aromatic heterocycles. The molecule has 0 bridgehead atoms. The van der Waals surface area contributed by atoms with Gasteiger partial charge in [-0.1, -0.05) is 23.7 Å². The van der Waals surface area contributed by atoms with Gasteiger partial charge >= 0.3 is 0 Å². The average molecular weight is 234 g/mol. The number of carbonyl (C=O) groups is 1. The van der Waals surface area contributed by atoms with Gasteiger partial charge in [0.05, 0.1) is 11.1 Å². The van der Waals surface area contributed by atoms with Gasteiger partial charge in [-0.15, -0.1) is 0 Å². The number of ketones is 1. The van der Waals surface area contributed by atoms with Crippen LogP contribution in [0.15, 0.2) is 18.2 Å². The molecule has 82 valence electrons. The summed E-state index contributed by atoms with van der Waals surface area (Å²) in [5.41, 5.74) is 3.63. The highest BCUT2D eigenvalue weighted by molar-refractivity contribution is 6.33.